The van der Waals surface area contributed by atoms with Crippen LogP contribution < -0.4 is 5.32 Å². The van der Waals surface area contributed by atoms with E-state index >= 15 is 0 Å². The predicted molar refractivity (Wildman–Crippen MR) is 78.4 cm³/mol. The molecule has 1 aliphatic heterocycles. The highest BCUT2D eigenvalue weighted by Crippen LogP contribution is 2.19. The van der Waals surface area contributed by atoms with E-state index in [1.165, 1.54) is 0 Å². The van der Waals surface area contributed by atoms with Gasteiger partial charge in [-0.05, 0) is 47.0 Å². The van der Waals surface area contributed by atoms with E-state index in [1.54, 1.807) is 4.90 Å². The first-order chi connectivity index (χ1) is 9.23. The van der Waals surface area contributed by atoms with Crippen molar-refractivity contribution in [1.82, 2.24) is 10.2 Å². The lowest BCUT2D eigenvalue weighted by Gasteiger charge is -2.33. The number of rotatable bonds is 3. The summed E-state index contributed by atoms with van der Waals surface area (Å²) in [6.07, 6.45) is 2.27. The van der Waals surface area contributed by atoms with Gasteiger partial charge in [-0.3, -0.25) is 4.79 Å². The number of carbonyl (C=O) groups is 2. The zero-order valence-electron chi connectivity index (χ0n) is 13.4. The Balaban J connectivity index is 2.54. The normalized spacial score (nSPS) is 21.2. The van der Waals surface area contributed by atoms with Crippen molar-refractivity contribution in [3.8, 4) is 0 Å². The second-order valence-electron chi connectivity index (χ2n) is 6.58. The van der Waals surface area contributed by atoms with Crippen molar-refractivity contribution in [1.29, 1.82) is 0 Å². The molecule has 1 N–H and O–H groups in total. The van der Waals surface area contributed by atoms with Crippen LogP contribution in [0.15, 0.2) is 0 Å². The van der Waals surface area contributed by atoms with Gasteiger partial charge in [-0.15, -0.1) is 0 Å². The molecule has 1 rings (SSSR count). The number of nitrogens with one attached hydrogen (secondary N) is 1. The monoisotopic (exact) mass is 284 g/mol. The smallest absolute Gasteiger partial charge is 0.410 e. The van der Waals surface area contributed by atoms with E-state index in [-0.39, 0.29) is 24.0 Å². The second kappa shape index (κ2) is 6.95. The molecular weight excluding hydrogens is 256 g/mol. The minimum absolute atomic E-state index is 0.0487. The fourth-order valence-corrected chi connectivity index (χ4v) is 2.15. The predicted octanol–water partition coefficient (Wildman–Crippen LogP) is 2.55. The van der Waals surface area contributed by atoms with Gasteiger partial charge >= 0.3 is 6.09 Å². The summed E-state index contributed by atoms with van der Waals surface area (Å²) >= 11 is 0. The molecule has 0 aliphatic carbocycles. The van der Waals surface area contributed by atoms with Gasteiger partial charge in [-0.2, -0.15) is 0 Å². The van der Waals surface area contributed by atoms with Gasteiger partial charge < -0.3 is 15.0 Å². The first kappa shape index (κ1) is 16.8. The van der Waals surface area contributed by atoms with E-state index in [1.807, 2.05) is 34.6 Å². The van der Waals surface area contributed by atoms with Crippen LogP contribution in [-0.4, -0.2) is 41.6 Å². The molecule has 1 aliphatic rings. The van der Waals surface area contributed by atoms with E-state index < -0.39 is 5.60 Å². The maximum Gasteiger partial charge on any atom is 0.410 e. The Morgan fingerprint density at radius 2 is 2.05 bits per heavy atom. The van der Waals surface area contributed by atoms with Crippen molar-refractivity contribution < 1.29 is 14.3 Å². The number of hydrogen-bond donors (Lipinski definition) is 1. The van der Waals surface area contributed by atoms with E-state index in [9.17, 15) is 9.59 Å². The van der Waals surface area contributed by atoms with Crippen LogP contribution >= 0.6 is 0 Å². The Kier molecular flexibility index (Phi) is 5.84. The van der Waals surface area contributed by atoms with Crippen LogP contribution in [0.1, 0.15) is 53.9 Å². The molecule has 5 nitrogen and oxygen atoms in total. The summed E-state index contributed by atoms with van der Waals surface area (Å²) < 4.78 is 5.36. The molecule has 116 valence electrons. The summed E-state index contributed by atoms with van der Waals surface area (Å²) in [5, 5.41) is 2.99. The van der Waals surface area contributed by atoms with Gasteiger partial charge in [0, 0.05) is 19.1 Å². The van der Waals surface area contributed by atoms with Crippen LogP contribution in [0, 0.1) is 5.92 Å². The molecule has 0 aromatic carbocycles. The zero-order valence-corrected chi connectivity index (χ0v) is 13.4. The van der Waals surface area contributed by atoms with E-state index in [2.05, 4.69) is 5.32 Å². The maximum atomic E-state index is 12.1. The summed E-state index contributed by atoms with van der Waals surface area (Å²) in [6, 6.07) is 0.180. The minimum Gasteiger partial charge on any atom is -0.444 e. The van der Waals surface area contributed by atoms with Gasteiger partial charge in [0.05, 0.1) is 5.92 Å². The zero-order chi connectivity index (χ0) is 15.3. The third-order valence-electron chi connectivity index (χ3n) is 3.44. The van der Waals surface area contributed by atoms with Gasteiger partial charge in [0.2, 0.25) is 5.91 Å². The van der Waals surface area contributed by atoms with Crippen molar-refractivity contribution in [2.75, 3.05) is 13.1 Å². The molecule has 0 radical (unpaired) electrons. The fraction of sp³-hybridized carbons (Fsp3) is 0.867. The minimum atomic E-state index is -0.497. The van der Waals surface area contributed by atoms with Gasteiger partial charge in [-0.25, -0.2) is 4.79 Å². The molecule has 0 bridgehead atoms. The Labute approximate surface area is 122 Å². The first-order valence-electron chi connectivity index (χ1n) is 7.51. The van der Waals surface area contributed by atoms with Gasteiger partial charge in [0.1, 0.15) is 5.60 Å². The highest BCUT2D eigenvalue weighted by atomic mass is 16.6. The fourth-order valence-electron chi connectivity index (χ4n) is 2.15. The average molecular weight is 284 g/mol. The van der Waals surface area contributed by atoms with Crippen molar-refractivity contribution in [3.63, 3.8) is 0 Å². The highest BCUT2D eigenvalue weighted by Gasteiger charge is 2.31. The van der Waals surface area contributed by atoms with Crippen LogP contribution in [0.4, 0.5) is 4.79 Å². The van der Waals surface area contributed by atoms with Crippen molar-refractivity contribution in [3.05, 3.63) is 0 Å². The van der Waals surface area contributed by atoms with Crippen LogP contribution in [0.25, 0.3) is 0 Å². The van der Waals surface area contributed by atoms with E-state index in [4.69, 9.17) is 4.74 Å². The molecule has 1 heterocycles. The third kappa shape index (κ3) is 5.39. The summed E-state index contributed by atoms with van der Waals surface area (Å²) in [5.74, 6) is -0.0714. The molecule has 5 heteroatoms. The Hall–Kier alpha value is -1.26. The van der Waals surface area contributed by atoms with Crippen molar-refractivity contribution in [2.45, 2.75) is 65.5 Å². The molecule has 1 fully saturated rings. The van der Waals surface area contributed by atoms with Crippen molar-refractivity contribution in [2.24, 2.45) is 5.92 Å². The molecule has 0 spiro atoms. The third-order valence-corrected chi connectivity index (χ3v) is 3.44. The number of ether oxygens (including phenoxy) is 1. The summed E-state index contributed by atoms with van der Waals surface area (Å²) in [7, 11) is 0. The van der Waals surface area contributed by atoms with Gasteiger partial charge in [0.15, 0.2) is 0 Å². The van der Waals surface area contributed by atoms with Gasteiger partial charge in [-0.1, -0.05) is 6.92 Å². The number of carbonyl (C=O) groups excluding carboxylic acids is 2. The van der Waals surface area contributed by atoms with Crippen LogP contribution in [0.3, 0.4) is 0 Å². The molecule has 2 atom stereocenters. The Morgan fingerprint density at radius 3 is 2.60 bits per heavy atom. The molecule has 0 aromatic rings. The summed E-state index contributed by atoms with van der Waals surface area (Å²) in [4.78, 5) is 25.8. The largest absolute Gasteiger partial charge is 0.444 e. The van der Waals surface area contributed by atoms with Crippen molar-refractivity contribution >= 4 is 12.0 Å². The lowest BCUT2D eigenvalue weighted by Crippen LogP contribution is -2.48. The first-order valence-corrected chi connectivity index (χ1v) is 7.51. The molecule has 2 unspecified atom stereocenters. The average Bonchev–Trinajstić information content (AvgIpc) is 2.36. The highest BCUT2D eigenvalue weighted by molar-refractivity contribution is 5.80. The number of amides is 2. The lowest BCUT2D eigenvalue weighted by atomic mass is 9.97. The number of likely N-dealkylation sites (tertiary alicyclic amines) is 1. The standard InChI is InChI=1S/C15H28N2O3/c1-6-11(2)16-13(18)12-8-7-9-17(10-12)14(19)20-15(3,4)5/h11-12H,6-10H2,1-5H3,(H,16,18). The lowest BCUT2D eigenvalue weighted by molar-refractivity contribution is -0.127. The molecular formula is C15H28N2O3. The number of nitrogens with zero attached hydrogens (tertiary/aromatic N) is 1. The number of piperidine rings is 1. The van der Waals surface area contributed by atoms with Gasteiger partial charge in [0.25, 0.3) is 0 Å². The van der Waals surface area contributed by atoms with Crippen LogP contribution in [-0.2, 0) is 9.53 Å². The van der Waals surface area contributed by atoms with Crippen LogP contribution in [0.2, 0.25) is 0 Å². The molecule has 1 saturated heterocycles. The topological polar surface area (TPSA) is 58.6 Å². The summed E-state index contributed by atoms with van der Waals surface area (Å²) in [6.45, 7) is 10.7. The second-order valence-corrected chi connectivity index (χ2v) is 6.58. The number of hydrogen-bond acceptors (Lipinski definition) is 3. The maximum absolute atomic E-state index is 12.1. The van der Waals surface area contributed by atoms with Crippen LogP contribution in [0.5, 0.6) is 0 Å². The molecule has 0 saturated carbocycles. The molecule has 2 amide bonds. The van der Waals surface area contributed by atoms with E-state index in [0.717, 1.165) is 19.3 Å². The van der Waals surface area contributed by atoms with E-state index in [0.29, 0.717) is 13.1 Å². The molecule has 0 aromatic heterocycles. The molecule has 20 heavy (non-hydrogen) atoms. The SMILES string of the molecule is CCC(C)NC(=O)C1CCCN(C(=O)OC(C)(C)C)C1. The Bertz CT molecular complexity index is 350. The Morgan fingerprint density at radius 1 is 1.40 bits per heavy atom. The summed E-state index contributed by atoms with van der Waals surface area (Å²) in [5.41, 5.74) is -0.497. The quantitative estimate of drug-likeness (QED) is 0.866.